The predicted molar refractivity (Wildman–Crippen MR) is 182 cm³/mol. The van der Waals surface area contributed by atoms with Crippen molar-refractivity contribution in [2.75, 3.05) is 20.3 Å². The smallest absolute Gasteiger partial charge is 0.337 e. The lowest BCUT2D eigenvalue weighted by atomic mass is 9.95. The van der Waals surface area contributed by atoms with E-state index in [1.165, 1.54) is 7.11 Å². The molecular formula is C31H32I2N4O7. The summed E-state index contributed by atoms with van der Waals surface area (Å²) < 4.78 is 24.6. The summed E-state index contributed by atoms with van der Waals surface area (Å²) in [5, 5.41) is 20.1. The first-order valence-electron chi connectivity index (χ1n) is 13.6. The van der Waals surface area contributed by atoms with E-state index < -0.39 is 24.3 Å². The largest absolute Gasteiger partial charge is 0.490 e. The summed E-state index contributed by atoms with van der Waals surface area (Å²) in [5.74, 6) is 0.870. The summed E-state index contributed by atoms with van der Waals surface area (Å²) in [5.41, 5.74) is 5.75. The monoisotopic (exact) mass is 826 g/mol. The van der Waals surface area contributed by atoms with E-state index in [4.69, 9.17) is 18.9 Å². The minimum atomic E-state index is -1.14. The van der Waals surface area contributed by atoms with E-state index in [9.17, 15) is 14.7 Å². The number of carbonyl (C=O) groups excluding carboxylic acids is 2. The van der Waals surface area contributed by atoms with Crippen LogP contribution in [-0.2, 0) is 16.1 Å². The average molecular weight is 826 g/mol. The van der Waals surface area contributed by atoms with Gasteiger partial charge in [-0.25, -0.2) is 9.59 Å². The molecule has 1 aliphatic heterocycles. The Bertz CT molecular complexity index is 1550. The third-order valence-electron chi connectivity index (χ3n) is 6.36. The Morgan fingerprint density at radius 1 is 1.09 bits per heavy atom. The maximum atomic E-state index is 12.5. The molecule has 232 valence electrons. The molecule has 11 nitrogen and oxygen atoms in total. The van der Waals surface area contributed by atoms with E-state index in [-0.39, 0.29) is 12.2 Å². The van der Waals surface area contributed by atoms with E-state index >= 15 is 0 Å². The highest BCUT2D eigenvalue weighted by Crippen LogP contribution is 2.35. The number of rotatable bonds is 13. The molecule has 44 heavy (non-hydrogen) atoms. The third-order valence-corrected chi connectivity index (χ3v) is 7.79. The van der Waals surface area contributed by atoms with E-state index in [0.29, 0.717) is 41.7 Å². The number of aliphatic hydroxyl groups excluding tert-OH is 1. The van der Waals surface area contributed by atoms with Crippen LogP contribution >= 0.6 is 45.2 Å². The van der Waals surface area contributed by atoms with Crippen molar-refractivity contribution >= 4 is 63.4 Å². The predicted octanol–water partition coefficient (Wildman–Crippen LogP) is 5.00. The van der Waals surface area contributed by atoms with Crippen molar-refractivity contribution in [3.8, 4) is 17.2 Å². The molecule has 1 aliphatic rings. The van der Waals surface area contributed by atoms with Gasteiger partial charge in [0, 0.05) is 14.8 Å². The van der Waals surface area contributed by atoms with Crippen LogP contribution in [0, 0.1) is 7.14 Å². The Labute approximate surface area is 282 Å². The number of allylic oxidation sites excluding steroid dienone is 1. The van der Waals surface area contributed by atoms with Crippen molar-refractivity contribution in [2.24, 2.45) is 5.10 Å². The van der Waals surface area contributed by atoms with Crippen LogP contribution in [0.25, 0.3) is 0 Å². The number of hydrogen-bond acceptors (Lipinski definition) is 9. The lowest BCUT2D eigenvalue weighted by molar-refractivity contribution is -0.136. The van der Waals surface area contributed by atoms with Gasteiger partial charge in [0.15, 0.2) is 17.7 Å². The molecule has 2 amide bonds. The zero-order valence-corrected chi connectivity index (χ0v) is 28.5. The highest BCUT2D eigenvalue weighted by atomic mass is 127. The maximum absolute atomic E-state index is 12.5. The highest BCUT2D eigenvalue weighted by molar-refractivity contribution is 14.1. The standard InChI is InChI=1S/C31H32I2N4O7/c1-4-42-25-13-20(28-27(30(39)41-3)18(2)35-31(40)36-28)10-11-24(25)43-17-26(38)37-34-15-21-12-22(32)14-23(33)29(21)44-16-19-8-6-5-7-9-19/h5-15,26,28,37-38H,4,16-17H2,1-3H3,(H2,35,36,40)/b34-15+/t26-,28-/m0/s1. The van der Waals surface area contributed by atoms with Gasteiger partial charge in [-0.1, -0.05) is 36.4 Å². The van der Waals surface area contributed by atoms with Crippen molar-refractivity contribution in [1.29, 1.82) is 0 Å². The maximum Gasteiger partial charge on any atom is 0.337 e. The molecule has 0 bridgehead atoms. The fourth-order valence-electron chi connectivity index (χ4n) is 4.37. The number of ether oxygens (including phenoxy) is 4. The SMILES string of the molecule is CCOc1cc([C@@H]2NC(=O)NC(C)=C2C(=O)OC)ccc1OC[C@H](O)N/N=C/c1cc(I)cc(I)c1OCc1ccccc1. The second-order valence-electron chi connectivity index (χ2n) is 9.50. The minimum Gasteiger partial charge on any atom is -0.490 e. The van der Waals surface area contributed by atoms with E-state index in [2.05, 4.69) is 66.3 Å². The zero-order chi connectivity index (χ0) is 31.6. The topological polar surface area (TPSA) is 140 Å². The molecule has 1 heterocycles. The van der Waals surface area contributed by atoms with Gasteiger partial charge >= 0.3 is 12.0 Å². The number of nitrogens with zero attached hydrogens (tertiary/aromatic N) is 1. The van der Waals surface area contributed by atoms with Crippen LogP contribution in [-0.4, -0.2) is 49.9 Å². The van der Waals surface area contributed by atoms with E-state index in [1.54, 1.807) is 31.3 Å². The van der Waals surface area contributed by atoms with Gasteiger partial charge < -0.3 is 34.7 Å². The molecule has 3 aromatic rings. The Morgan fingerprint density at radius 3 is 2.59 bits per heavy atom. The molecule has 0 aromatic heterocycles. The number of halogens is 2. The first-order chi connectivity index (χ1) is 21.2. The molecule has 4 rings (SSSR count). The molecule has 3 aromatic carbocycles. The number of nitrogens with one attached hydrogen (secondary N) is 3. The third kappa shape index (κ3) is 8.75. The zero-order valence-electron chi connectivity index (χ0n) is 24.2. The van der Waals surface area contributed by atoms with Gasteiger partial charge in [0.25, 0.3) is 0 Å². The average Bonchev–Trinajstić information content (AvgIpc) is 3.00. The molecule has 0 aliphatic carbocycles. The quantitative estimate of drug-likeness (QED) is 0.0622. The Hall–Kier alpha value is -3.57. The molecule has 0 radical (unpaired) electrons. The second-order valence-corrected chi connectivity index (χ2v) is 11.9. The van der Waals surface area contributed by atoms with Crippen LogP contribution in [0.4, 0.5) is 4.79 Å². The van der Waals surface area contributed by atoms with Gasteiger partial charge in [-0.2, -0.15) is 5.10 Å². The summed E-state index contributed by atoms with van der Waals surface area (Å²) in [6.45, 7) is 4.06. The van der Waals surface area contributed by atoms with Gasteiger partial charge in [0.05, 0.1) is 35.1 Å². The summed E-state index contributed by atoms with van der Waals surface area (Å²) in [4.78, 5) is 24.6. The number of hydrazone groups is 1. The van der Waals surface area contributed by atoms with Gasteiger partial charge in [-0.3, -0.25) is 5.43 Å². The van der Waals surface area contributed by atoms with Gasteiger partial charge in [-0.15, -0.1) is 0 Å². The molecule has 0 fully saturated rings. The second kappa shape index (κ2) is 15.9. The van der Waals surface area contributed by atoms with Crippen molar-refractivity contribution in [1.82, 2.24) is 16.1 Å². The summed E-state index contributed by atoms with van der Waals surface area (Å²) >= 11 is 4.47. The van der Waals surface area contributed by atoms with Crippen LogP contribution in [0.15, 0.2) is 77.0 Å². The van der Waals surface area contributed by atoms with Gasteiger partial charge in [0.2, 0.25) is 0 Å². The first-order valence-corrected chi connectivity index (χ1v) is 15.7. The van der Waals surface area contributed by atoms with Crippen LogP contribution in [0.1, 0.15) is 36.6 Å². The van der Waals surface area contributed by atoms with Crippen molar-refractivity contribution < 1.29 is 33.6 Å². The molecule has 2 atom stereocenters. The molecule has 0 unspecified atom stereocenters. The Balaban J connectivity index is 1.42. The number of carbonyl (C=O) groups is 2. The molecule has 0 saturated carbocycles. The fraction of sp³-hybridized carbons (Fsp3) is 0.258. The van der Waals surface area contributed by atoms with Crippen molar-refractivity contribution in [2.45, 2.75) is 32.7 Å². The number of benzene rings is 3. The lowest BCUT2D eigenvalue weighted by Crippen LogP contribution is -2.45. The number of esters is 1. The van der Waals surface area contributed by atoms with E-state index in [1.807, 2.05) is 49.4 Å². The van der Waals surface area contributed by atoms with Crippen LogP contribution in [0.3, 0.4) is 0 Å². The number of urea groups is 1. The minimum absolute atomic E-state index is 0.144. The number of aliphatic hydroxyl groups is 1. The van der Waals surface area contributed by atoms with E-state index in [0.717, 1.165) is 18.3 Å². The summed E-state index contributed by atoms with van der Waals surface area (Å²) in [7, 11) is 1.28. The van der Waals surface area contributed by atoms with Crippen LogP contribution in [0.5, 0.6) is 17.2 Å². The Morgan fingerprint density at radius 2 is 1.86 bits per heavy atom. The number of amides is 2. The molecule has 13 heteroatoms. The number of hydrogen-bond donors (Lipinski definition) is 4. The summed E-state index contributed by atoms with van der Waals surface area (Å²) in [6, 6.07) is 17.7. The normalized spacial score (nSPS) is 15.3. The van der Waals surface area contributed by atoms with Crippen molar-refractivity contribution in [3.63, 3.8) is 0 Å². The molecule has 4 N–H and O–H groups in total. The molecule has 0 spiro atoms. The lowest BCUT2D eigenvalue weighted by Gasteiger charge is -2.28. The molecule has 0 saturated heterocycles. The van der Waals surface area contributed by atoms with Gasteiger partial charge in [-0.05, 0) is 94.4 Å². The first kappa shape index (κ1) is 33.3. The Kier molecular flexibility index (Phi) is 12.1. The van der Waals surface area contributed by atoms with Crippen LogP contribution < -0.4 is 30.3 Å². The fourth-order valence-corrected chi connectivity index (χ4v) is 6.42. The van der Waals surface area contributed by atoms with Crippen molar-refractivity contribution in [3.05, 3.63) is 95.8 Å². The van der Waals surface area contributed by atoms with Gasteiger partial charge in [0.1, 0.15) is 19.0 Å². The highest BCUT2D eigenvalue weighted by Gasteiger charge is 2.32. The summed E-state index contributed by atoms with van der Waals surface area (Å²) in [6.07, 6.45) is 0.451. The molecular weight excluding hydrogens is 794 g/mol. The van der Waals surface area contributed by atoms with Crippen LogP contribution in [0.2, 0.25) is 0 Å². The number of methoxy groups -OCH3 is 1.